The minimum atomic E-state index is -0.854. The van der Waals surface area contributed by atoms with Crippen molar-refractivity contribution < 1.29 is 14.3 Å². The molecule has 3 nitrogen and oxygen atoms in total. The van der Waals surface area contributed by atoms with Gasteiger partial charge in [-0.2, -0.15) is 0 Å². The predicted molar refractivity (Wildman–Crippen MR) is 90.8 cm³/mol. The Hall–Kier alpha value is -2.42. The lowest BCUT2D eigenvalue weighted by Gasteiger charge is -2.05. The Morgan fingerprint density at radius 3 is 2.17 bits per heavy atom. The molecule has 0 aliphatic heterocycles. The summed E-state index contributed by atoms with van der Waals surface area (Å²) in [6, 6.07) is 14.2. The maximum atomic E-state index is 12.0. The summed E-state index contributed by atoms with van der Waals surface area (Å²) < 4.78 is 5.15. The van der Waals surface area contributed by atoms with Crippen LogP contribution in [0.5, 0.6) is 5.75 Å². The molecule has 120 valence electrons. The van der Waals surface area contributed by atoms with Crippen LogP contribution in [0.25, 0.3) is 0 Å². The lowest BCUT2D eigenvalue weighted by atomic mass is 10.1. The molecule has 0 heterocycles. The van der Waals surface area contributed by atoms with Crippen LogP contribution in [0.1, 0.15) is 47.7 Å². The van der Waals surface area contributed by atoms with Crippen molar-refractivity contribution in [3.05, 3.63) is 65.2 Å². The van der Waals surface area contributed by atoms with Gasteiger partial charge >= 0.3 is 5.97 Å². The Labute approximate surface area is 137 Å². The normalized spacial score (nSPS) is 10.3. The molecule has 2 aromatic carbocycles. The topological polar surface area (TPSA) is 43.4 Å². The zero-order chi connectivity index (χ0) is 16.7. The second-order valence-electron chi connectivity index (χ2n) is 5.69. The van der Waals surface area contributed by atoms with E-state index in [0.29, 0.717) is 11.3 Å². The van der Waals surface area contributed by atoms with Crippen LogP contribution >= 0.6 is 0 Å². The summed E-state index contributed by atoms with van der Waals surface area (Å²) in [6.07, 6.45) is 4.57. The average Bonchev–Trinajstić information content (AvgIpc) is 2.56. The minimum Gasteiger partial charge on any atom is -0.421 e. The van der Waals surface area contributed by atoms with Crippen LogP contribution in [0.4, 0.5) is 0 Å². The standard InChI is InChI=1S/C20H22O3/c1-3-4-5-6-16-9-13-18(14-10-16)23-20(22)19(21)17-11-7-15(2)8-12-17/h7-14H,3-6H2,1-2H3. The molecule has 2 rings (SSSR count). The van der Waals surface area contributed by atoms with Gasteiger partial charge in [0.05, 0.1) is 0 Å². The molecule has 0 bridgehead atoms. The van der Waals surface area contributed by atoms with E-state index in [1.54, 1.807) is 36.4 Å². The third-order valence-corrected chi connectivity index (χ3v) is 3.70. The Morgan fingerprint density at radius 1 is 0.913 bits per heavy atom. The summed E-state index contributed by atoms with van der Waals surface area (Å²) >= 11 is 0. The van der Waals surface area contributed by atoms with E-state index in [4.69, 9.17) is 4.74 Å². The predicted octanol–water partition coefficient (Wildman–Crippen LogP) is 4.52. The van der Waals surface area contributed by atoms with Gasteiger partial charge in [-0.25, -0.2) is 4.79 Å². The van der Waals surface area contributed by atoms with Gasteiger partial charge < -0.3 is 4.74 Å². The maximum absolute atomic E-state index is 12.0. The number of hydrogen-bond acceptors (Lipinski definition) is 3. The van der Waals surface area contributed by atoms with Gasteiger partial charge in [0, 0.05) is 5.56 Å². The first-order chi connectivity index (χ1) is 11.1. The summed E-state index contributed by atoms with van der Waals surface area (Å²) in [6.45, 7) is 4.10. The van der Waals surface area contributed by atoms with Gasteiger partial charge in [0.2, 0.25) is 0 Å². The van der Waals surface area contributed by atoms with E-state index in [1.165, 1.54) is 18.4 Å². The first-order valence-electron chi connectivity index (χ1n) is 8.02. The summed E-state index contributed by atoms with van der Waals surface area (Å²) in [7, 11) is 0. The van der Waals surface area contributed by atoms with Crippen molar-refractivity contribution in [2.24, 2.45) is 0 Å². The van der Waals surface area contributed by atoms with E-state index in [0.717, 1.165) is 18.4 Å². The quantitative estimate of drug-likeness (QED) is 0.248. The molecule has 0 radical (unpaired) electrons. The largest absolute Gasteiger partial charge is 0.421 e. The molecule has 0 atom stereocenters. The van der Waals surface area contributed by atoms with Crippen molar-refractivity contribution in [3.63, 3.8) is 0 Å². The van der Waals surface area contributed by atoms with Gasteiger partial charge in [0.15, 0.2) is 0 Å². The molecule has 0 saturated heterocycles. The number of ether oxygens (including phenoxy) is 1. The molecule has 0 aliphatic rings. The molecular weight excluding hydrogens is 288 g/mol. The van der Waals surface area contributed by atoms with Crippen LogP contribution in [0.15, 0.2) is 48.5 Å². The van der Waals surface area contributed by atoms with E-state index in [2.05, 4.69) is 6.92 Å². The smallest absolute Gasteiger partial charge is 0.385 e. The van der Waals surface area contributed by atoms with E-state index in [1.807, 2.05) is 19.1 Å². The first kappa shape index (κ1) is 16.9. The summed E-state index contributed by atoms with van der Waals surface area (Å²) in [5.41, 5.74) is 2.59. The van der Waals surface area contributed by atoms with Crippen LogP contribution in [0.3, 0.4) is 0 Å². The van der Waals surface area contributed by atoms with Crippen LogP contribution in [-0.2, 0) is 11.2 Å². The van der Waals surface area contributed by atoms with Crippen LogP contribution in [-0.4, -0.2) is 11.8 Å². The Bertz CT molecular complexity index is 654. The third-order valence-electron chi connectivity index (χ3n) is 3.70. The number of unbranched alkanes of at least 4 members (excludes halogenated alkanes) is 2. The molecule has 0 aromatic heterocycles. The molecule has 2 aromatic rings. The van der Waals surface area contributed by atoms with E-state index in [9.17, 15) is 9.59 Å². The second-order valence-corrected chi connectivity index (χ2v) is 5.69. The number of benzene rings is 2. The Kier molecular flexibility index (Phi) is 6.10. The molecule has 0 unspecified atom stereocenters. The Morgan fingerprint density at radius 2 is 1.57 bits per heavy atom. The van der Waals surface area contributed by atoms with E-state index >= 15 is 0 Å². The Balaban J connectivity index is 1.94. The molecular formula is C20H22O3. The number of Topliss-reactive ketones (excluding diaryl/α,β-unsaturated/α-hetero) is 1. The zero-order valence-corrected chi connectivity index (χ0v) is 13.7. The highest BCUT2D eigenvalue weighted by molar-refractivity contribution is 6.41. The maximum Gasteiger partial charge on any atom is 0.385 e. The van der Waals surface area contributed by atoms with E-state index < -0.39 is 11.8 Å². The van der Waals surface area contributed by atoms with Crippen molar-refractivity contribution in [2.75, 3.05) is 0 Å². The number of hydrogen-bond donors (Lipinski definition) is 0. The van der Waals surface area contributed by atoms with Crippen molar-refractivity contribution in [3.8, 4) is 5.75 Å². The van der Waals surface area contributed by atoms with E-state index in [-0.39, 0.29) is 0 Å². The fourth-order valence-electron chi connectivity index (χ4n) is 2.28. The average molecular weight is 310 g/mol. The molecule has 0 aliphatic carbocycles. The second kappa shape index (κ2) is 8.28. The number of carbonyl (C=O) groups is 2. The van der Waals surface area contributed by atoms with Crippen LogP contribution in [0, 0.1) is 6.92 Å². The number of ketones is 1. The van der Waals surface area contributed by atoms with Gasteiger partial charge in [0.1, 0.15) is 5.75 Å². The third kappa shape index (κ3) is 5.06. The molecule has 3 heteroatoms. The van der Waals surface area contributed by atoms with Crippen molar-refractivity contribution >= 4 is 11.8 Å². The van der Waals surface area contributed by atoms with Gasteiger partial charge in [-0.3, -0.25) is 4.79 Å². The van der Waals surface area contributed by atoms with Crippen molar-refractivity contribution in [2.45, 2.75) is 39.5 Å². The van der Waals surface area contributed by atoms with Gasteiger partial charge in [-0.15, -0.1) is 0 Å². The van der Waals surface area contributed by atoms with Crippen LogP contribution in [0.2, 0.25) is 0 Å². The molecule has 0 saturated carbocycles. The van der Waals surface area contributed by atoms with Gasteiger partial charge in [-0.1, -0.05) is 61.7 Å². The number of rotatable bonds is 7. The number of aryl methyl sites for hydroxylation is 2. The van der Waals surface area contributed by atoms with Crippen molar-refractivity contribution in [1.82, 2.24) is 0 Å². The highest BCUT2D eigenvalue weighted by atomic mass is 16.5. The molecule has 0 N–H and O–H groups in total. The first-order valence-corrected chi connectivity index (χ1v) is 8.02. The highest BCUT2D eigenvalue weighted by Crippen LogP contribution is 2.15. The summed E-state index contributed by atoms with van der Waals surface area (Å²) in [5, 5.41) is 0. The minimum absolute atomic E-state index is 0.344. The molecule has 0 amide bonds. The van der Waals surface area contributed by atoms with Crippen molar-refractivity contribution in [1.29, 1.82) is 0 Å². The lowest BCUT2D eigenvalue weighted by molar-refractivity contribution is -0.129. The fraction of sp³-hybridized carbons (Fsp3) is 0.300. The van der Waals surface area contributed by atoms with Crippen LogP contribution < -0.4 is 4.74 Å². The lowest BCUT2D eigenvalue weighted by Crippen LogP contribution is -2.20. The highest BCUT2D eigenvalue weighted by Gasteiger charge is 2.18. The zero-order valence-electron chi connectivity index (χ0n) is 13.7. The number of esters is 1. The number of carbonyl (C=O) groups excluding carboxylic acids is 2. The summed E-state index contributed by atoms with van der Waals surface area (Å²) in [4.78, 5) is 23.9. The monoisotopic (exact) mass is 310 g/mol. The fourth-order valence-corrected chi connectivity index (χ4v) is 2.28. The van der Waals surface area contributed by atoms with Gasteiger partial charge in [0.25, 0.3) is 5.78 Å². The molecule has 0 fully saturated rings. The molecule has 0 spiro atoms. The molecule has 23 heavy (non-hydrogen) atoms. The summed E-state index contributed by atoms with van der Waals surface area (Å²) in [5.74, 6) is -1.08. The SMILES string of the molecule is CCCCCc1ccc(OC(=O)C(=O)c2ccc(C)cc2)cc1. The van der Waals surface area contributed by atoms with Gasteiger partial charge in [-0.05, 0) is 37.5 Å².